The molecule has 2 heterocycles. The van der Waals surface area contributed by atoms with Crippen LogP contribution in [0, 0.1) is 11.7 Å². The Morgan fingerprint density at radius 2 is 2.21 bits per heavy atom. The van der Waals surface area contributed by atoms with Gasteiger partial charge in [0.15, 0.2) is 0 Å². The summed E-state index contributed by atoms with van der Waals surface area (Å²) in [5, 5.41) is 8.88. The van der Waals surface area contributed by atoms with Gasteiger partial charge in [-0.3, -0.25) is 10.1 Å². The van der Waals surface area contributed by atoms with Gasteiger partial charge in [0.25, 0.3) is 5.91 Å². The summed E-state index contributed by atoms with van der Waals surface area (Å²) in [6.45, 7) is 0.455. The predicted molar refractivity (Wildman–Crippen MR) is 84.7 cm³/mol. The Balaban J connectivity index is 1.58. The van der Waals surface area contributed by atoms with E-state index in [2.05, 4.69) is 25.9 Å². The normalized spacial score (nSPS) is 26.0. The fourth-order valence-electron chi connectivity index (χ4n) is 3.71. The second-order valence-corrected chi connectivity index (χ2v) is 6.23. The smallest absolute Gasteiger partial charge is 0.322 e. The van der Waals surface area contributed by atoms with Crippen molar-refractivity contribution in [3.05, 3.63) is 30.3 Å². The Hall–Kier alpha value is -2.77. The molecule has 1 saturated carbocycles. The van der Waals surface area contributed by atoms with Crippen LogP contribution in [0.15, 0.2) is 24.5 Å². The predicted octanol–water partition coefficient (Wildman–Crippen LogP) is 1.56. The van der Waals surface area contributed by atoms with Crippen molar-refractivity contribution in [2.75, 3.05) is 11.9 Å². The highest BCUT2D eigenvalue weighted by Gasteiger charge is 2.54. The van der Waals surface area contributed by atoms with Gasteiger partial charge < -0.3 is 10.6 Å². The van der Waals surface area contributed by atoms with E-state index in [1.807, 2.05) is 0 Å². The van der Waals surface area contributed by atoms with Gasteiger partial charge >= 0.3 is 6.03 Å². The number of hydrogen-bond acceptors (Lipinski definition) is 5. The largest absolute Gasteiger partial charge is 0.369 e. The first-order valence-electron chi connectivity index (χ1n) is 7.86. The van der Waals surface area contributed by atoms with Gasteiger partial charge in [-0.25, -0.2) is 19.2 Å². The third kappa shape index (κ3) is 2.26. The summed E-state index contributed by atoms with van der Waals surface area (Å²) < 4.78 is 13.5. The van der Waals surface area contributed by atoms with E-state index >= 15 is 0 Å². The number of halogens is 1. The van der Waals surface area contributed by atoms with Gasteiger partial charge in [0, 0.05) is 17.8 Å². The number of rotatable bonds is 3. The summed E-state index contributed by atoms with van der Waals surface area (Å²) >= 11 is 0. The van der Waals surface area contributed by atoms with Crippen LogP contribution in [0.5, 0.6) is 0 Å². The van der Waals surface area contributed by atoms with Crippen LogP contribution in [0.1, 0.15) is 19.3 Å². The molecule has 24 heavy (non-hydrogen) atoms. The lowest BCUT2D eigenvalue weighted by molar-refractivity contribution is -0.125. The second-order valence-electron chi connectivity index (χ2n) is 6.23. The minimum Gasteiger partial charge on any atom is -0.369 e. The number of aromatic nitrogens is 2. The average Bonchev–Trinajstić information content (AvgIpc) is 3.09. The molecule has 2 aromatic rings. The summed E-state index contributed by atoms with van der Waals surface area (Å²) in [6.07, 6.45) is 3.71. The highest BCUT2D eigenvalue weighted by atomic mass is 19.1. The number of carbonyl (C=O) groups is 2. The minimum absolute atomic E-state index is 0.0532. The van der Waals surface area contributed by atoms with Gasteiger partial charge in [-0.1, -0.05) is 6.42 Å². The monoisotopic (exact) mass is 329 g/mol. The van der Waals surface area contributed by atoms with Gasteiger partial charge in [-0.2, -0.15) is 0 Å². The molecule has 1 saturated heterocycles. The SMILES string of the molecule is O=C1NC(=O)C2(CCCC2CNc2ncnc3ccc(F)cc23)N1. The Morgan fingerprint density at radius 1 is 1.33 bits per heavy atom. The van der Waals surface area contributed by atoms with E-state index in [9.17, 15) is 14.0 Å². The Kier molecular flexibility index (Phi) is 3.33. The molecular formula is C16H16FN5O2. The number of fused-ring (bicyclic) bond motifs is 1. The molecule has 3 amide bonds. The first kappa shape index (κ1) is 14.8. The van der Waals surface area contributed by atoms with Crippen molar-refractivity contribution < 1.29 is 14.0 Å². The van der Waals surface area contributed by atoms with Crippen LogP contribution in [-0.4, -0.2) is 34.0 Å². The molecule has 7 nitrogen and oxygen atoms in total. The maximum atomic E-state index is 13.5. The number of nitrogens with one attached hydrogen (secondary N) is 3. The molecule has 2 fully saturated rings. The van der Waals surface area contributed by atoms with E-state index in [0.29, 0.717) is 29.7 Å². The second kappa shape index (κ2) is 5.40. The van der Waals surface area contributed by atoms with Crippen molar-refractivity contribution in [1.29, 1.82) is 0 Å². The zero-order valence-corrected chi connectivity index (χ0v) is 12.8. The molecule has 1 aromatic heterocycles. The fraction of sp³-hybridized carbons (Fsp3) is 0.375. The van der Waals surface area contributed by atoms with Gasteiger partial charge in [-0.05, 0) is 31.0 Å². The van der Waals surface area contributed by atoms with Crippen LogP contribution in [0.3, 0.4) is 0 Å². The van der Waals surface area contributed by atoms with E-state index < -0.39 is 11.6 Å². The Bertz CT molecular complexity index is 842. The van der Waals surface area contributed by atoms with Crippen LogP contribution >= 0.6 is 0 Å². The van der Waals surface area contributed by atoms with Crippen molar-refractivity contribution >= 4 is 28.7 Å². The number of amides is 3. The molecule has 3 N–H and O–H groups in total. The Morgan fingerprint density at radius 3 is 3.00 bits per heavy atom. The van der Waals surface area contributed by atoms with E-state index in [0.717, 1.165) is 12.8 Å². The first-order chi connectivity index (χ1) is 11.6. The molecule has 2 unspecified atom stereocenters. The van der Waals surface area contributed by atoms with Crippen molar-refractivity contribution in [3.8, 4) is 0 Å². The molecule has 0 radical (unpaired) electrons. The van der Waals surface area contributed by atoms with Crippen LogP contribution < -0.4 is 16.0 Å². The molecule has 2 aliphatic rings. The quantitative estimate of drug-likeness (QED) is 0.743. The topological polar surface area (TPSA) is 96.0 Å². The number of urea groups is 1. The van der Waals surface area contributed by atoms with Gasteiger partial charge in [0.05, 0.1) is 5.52 Å². The van der Waals surface area contributed by atoms with Crippen molar-refractivity contribution in [1.82, 2.24) is 20.6 Å². The summed E-state index contributed by atoms with van der Waals surface area (Å²) in [5.41, 5.74) is -0.208. The number of nitrogens with zero attached hydrogens (tertiary/aromatic N) is 2. The van der Waals surface area contributed by atoms with Gasteiger partial charge in [0.2, 0.25) is 0 Å². The maximum absolute atomic E-state index is 13.5. The Labute approximate surface area is 137 Å². The van der Waals surface area contributed by atoms with Crippen LogP contribution in [0.4, 0.5) is 15.0 Å². The molecule has 0 bridgehead atoms. The summed E-state index contributed by atoms with van der Waals surface area (Å²) in [5.74, 6) is -0.163. The summed E-state index contributed by atoms with van der Waals surface area (Å²) in [4.78, 5) is 32.0. The van der Waals surface area contributed by atoms with E-state index in [1.54, 1.807) is 6.07 Å². The molecule has 4 rings (SSSR count). The molecule has 8 heteroatoms. The number of carbonyl (C=O) groups excluding carboxylic acids is 2. The third-order valence-corrected chi connectivity index (χ3v) is 4.90. The number of anilines is 1. The van der Waals surface area contributed by atoms with Crippen LogP contribution in [0.25, 0.3) is 10.9 Å². The highest BCUT2D eigenvalue weighted by Crippen LogP contribution is 2.38. The average molecular weight is 329 g/mol. The lowest BCUT2D eigenvalue weighted by Gasteiger charge is -2.28. The molecule has 2 atom stereocenters. The number of hydrogen-bond donors (Lipinski definition) is 3. The first-order valence-corrected chi connectivity index (χ1v) is 7.86. The van der Waals surface area contributed by atoms with Crippen molar-refractivity contribution in [2.45, 2.75) is 24.8 Å². The van der Waals surface area contributed by atoms with Crippen molar-refractivity contribution in [2.24, 2.45) is 5.92 Å². The lowest BCUT2D eigenvalue weighted by atomic mass is 9.87. The van der Waals surface area contributed by atoms with Crippen molar-refractivity contribution in [3.63, 3.8) is 0 Å². The molecule has 1 spiro atoms. The zero-order valence-electron chi connectivity index (χ0n) is 12.8. The molecule has 1 aromatic carbocycles. The van der Waals surface area contributed by atoms with E-state index in [1.165, 1.54) is 18.5 Å². The van der Waals surface area contributed by atoms with E-state index in [-0.39, 0.29) is 17.6 Å². The zero-order chi connectivity index (χ0) is 16.7. The fourth-order valence-corrected chi connectivity index (χ4v) is 3.71. The van der Waals surface area contributed by atoms with E-state index in [4.69, 9.17) is 0 Å². The van der Waals surface area contributed by atoms with Gasteiger partial charge in [-0.15, -0.1) is 0 Å². The molecular weight excluding hydrogens is 313 g/mol. The number of imide groups is 1. The molecule has 1 aliphatic carbocycles. The molecule has 124 valence electrons. The van der Waals surface area contributed by atoms with Gasteiger partial charge in [0.1, 0.15) is 23.5 Å². The molecule has 1 aliphatic heterocycles. The summed E-state index contributed by atoms with van der Waals surface area (Å²) in [6, 6.07) is 3.89. The summed E-state index contributed by atoms with van der Waals surface area (Å²) in [7, 11) is 0. The standard InChI is InChI=1S/C16H16FN5O2/c17-10-3-4-12-11(6-10)13(20-8-19-12)18-7-9-2-1-5-16(9)14(23)21-15(24)22-16/h3-4,6,8-9H,1-2,5,7H2,(H,18,19,20)(H2,21,22,23,24). The highest BCUT2D eigenvalue weighted by molar-refractivity contribution is 6.07. The van der Waals surface area contributed by atoms with Crippen LogP contribution in [-0.2, 0) is 4.79 Å². The third-order valence-electron chi connectivity index (χ3n) is 4.90. The minimum atomic E-state index is -0.849. The number of benzene rings is 1. The lowest BCUT2D eigenvalue weighted by Crippen LogP contribution is -2.51. The van der Waals surface area contributed by atoms with Crippen LogP contribution in [0.2, 0.25) is 0 Å². The maximum Gasteiger partial charge on any atom is 0.322 e.